The third kappa shape index (κ3) is 2.69. The normalized spacial score (nSPS) is 22.3. The fourth-order valence-electron chi connectivity index (χ4n) is 2.88. The first kappa shape index (κ1) is 13.6. The van der Waals surface area contributed by atoms with Crippen LogP contribution in [-0.2, 0) is 12.2 Å². The highest BCUT2D eigenvalue weighted by atomic mass is 32.2. The van der Waals surface area contributed by atoms with Gasteiger partial charge in [-0.15, -0.1) is 16.4 Å². The maximum atomic E-state index is 4.72. The molecule has 21 heavy (non-hydrogen) atoms. The molecule has 0 radical (unpaired) electrons. The van der Waals surface area contributed by atoms with Gasteiger partial charge in [0, 0.05) is 36.3 Å². The molecule has 4 heterocycles. The van der Waals surface area contributed by atoms with E-state index in [0.717, 1.165) is 37.2 Å². The molecule has 2 aliphatic rings. The van der Waals surface area contributed by atoms with E-state index < -0.39 is 0 Å². The summed E-state index contributed by atoms with van der Waals surface area (Å²) in [6.45, 7) is 5.13. The number of thiophene rings is 1. The van der Waals surface area contributed by atoms with Crippen LogP contribution >= 0.6 is 23.1 Å². The van der Waals surface area contributed by atoms with Crippen molar-refractivity contribution in [3.8, 4) is 10.7 Å². The van der Waals surface area contributed by atoms with Crippen LogP contribution in [0.5, 0.6) is 0 Å². The van der Waals surface area contributed by atoms with Crippen LogP contribution in [0.25, 0.3) is 10.7 Å². The Labute approximate surface area is 132 Å². The van der Waals surface area contributed by atoms with Crippen LogP contribution < -0.4 is 10.2 Å². The second-order valence-corrected chi connectivity index (χ2v) is 7.89. The highest BCUT2D eigenvalue weighted by molar-refractivity contribution is 7.98. The molecular formula is C14H19N5S2. The minimum absolute atomic E-state index is 0.492. The van der Waals surface area contributed by atoms with Crippen molar-refractivity contribution in [1.29, 1.82) is 0 Å². The summed E-state index contributed by atoms with van der Waals surface area (Å²) in [6, 6.07) is 2.78. The highest BCUT2D eigenvalue weighted by Crippen LogP contribution is 2.36. The topological polar surface area (TPSA) is 56.8 Å². The van der Waals surface area contributed by atoms with Gasteiger partial charge in [-0.1, -0.05) is 0 Å². The predicted molar refractivity (Wildman–Crippen MR) is 89.2 cm³/mol. The van der Waals surface area contributed by atoms with Crippen molar-refractivity contribution >= 4 is 29.0 Å². The van der Waals surface area contributed by atoms with Crippen LogP contribution in [0.2, 0.25) is 0 Å². The Bertz CT molecular complexity index is 612. The smallest absolute Gasteiger partial charge is 0.245 e. The zero-order valence-electron chi connectivity index (χ0n) is 12.1. The van der Waals surface area contributed by atoms with Crippen LogP contribution in [0, 0.1) is 0 Å². The van der Waals surface area contributed by atoms with Crippen molar-refractivity contribution in [2.24, 2.45) is 0 Å². The lowest BCUT2D eigenvalue weighted by molar-refractivity contribution is 0.480. The first-order chi connectivity index (χ1) is 10.3. The summed E-state index contributed by atoms with van der Waals surface area (Å²) in [7, 11) is 0. The molecule has 0 spiro atoms. The fourth-order valence-corrected chi connectivity index (χ4v) is 5.19. The van der Waals surface area contributed by atoms with Gasteiger partial charge in [0.2, 0.25) is 5.95 Å². The number of piperazine rings is 1. The van der Waals surface area contributed by atoms with Crippen molar-refractivity contribution in [2.45, 2.75) is 25.1 Å². The van der Waals surface area contributed by atoms with Crippen molar-refractivity contribution < 1.29 is 0 Å². The van der Waals surface area contributed by atoms with E-state index in [1.807, 2.05) is 23.1 Å². The Morgan fingerprint density at radius 3 is 3.24 bits per heavy atom. The lowest BCUT2D eigenvalue weighted by Crippen LogP contribution is -2.49. The third-order valence-corrected chi connectivity index (χ3v) is 6.24. The van der Waals surface area contributed by atoms with E-state index in [4.69, 9.17) is 4.98 Å². The average molecular weight is 321 g/mol. The molecule has 112 valence electrons. The highest BCUT2D eigenvalue weighted by Gasteiger charge is 2.21. The van der Waals surface area contributed by atoms with Crippen molar-refractivity contribution in [3.63, 3.8) is 0 Å². The predicted octanol–water partition coefficient (Wildman–Crippen LogP) is 2.12. The Morgan fingerprint density at radius 1 is 1.43 bits per heavy atom. The molecule has 7 heteroatoms. The molecule has 2 aromatic heterocycles. The third-order valence-electron chi connectivity index (χ3n) is 3.99. The van der Waals surface area contributed by atoms with Gasteiger partial charge in [-0.3, -0.25) is 5.10 Å². The molecule has 0 unspecified atom stereocenters. The van der Waals surface area contributed by atoms with E-state index in [0.29, 0.717) is 6.04 Å². The lowest BCUT2D eigenvalue weighted by Gasteiger charge is -2.30. The van der Waals surface area contributed by atoms with E-state index in [9.17, 15) is 0 Å². The molecule has 4 rings (SSSR count). The second-order valence-electron chi connectivity index (χ2n) is 5.65. The summed E-state index contributed by atoms with van der Waals surface area (Å²) < 4.78 is 0. The minimum Gasteiger partial charge on any atom is -0.337 e. The van der Waals surface area contributed by atoms with Gasteiger partial charge in [0.1, 0.15) is 0 Å². The number of thioether (sulfide) groups is 1. The van der Waals surface area contributed by atoms with Crippen LogP contribution in [0.3, 0.4) is 0 Å². The number of aromatic amines is 1. The monoisotopic (exact) mass is 321 g/mol. The van der Waals surface area contributed by atoms with Crippen molar-refractivity contribution in [2.75, 3.05) is 30.3 Å². The standard InChI is InChI=1S/C14H19N5S2/c1-9-7-19(4-3-15-9)14-16-13(17-18-14)12-6-10-8-20-5-2-11(10)21-12/h6,9,15H,2-5,7-8H2,1H3,(H,16,17,18)/t9-/m0/s1. The van der Waals surface area contributed by atoms with Gasteiger partial charge < -0.3 is 10.2 Å². The molecule has 0 amide bonds. The summed E-state index contributed by atoms with van der Waals surface area (Å²) in [5, 5.41) is 11.0. The van der Waals surface area contributed by atoms with Gasteiger partial charge in [-0.05, 0) is 30.7 Å². The zero-order valence-corrected chi connectivity index (χ0v) is 13.7. The molecule has 0 aromatic carbocycles. The molecule has 1 fully saturated rings. The molecule has 1 saturated heterocycles. The van der Waals surface area contributed by atoms with Crippen molar-refractivity contribution in [3.05, 3.63) is 16.5 Å². The summed E-state index contributed by atoms with van der Waals surface area (Å²) in [6.07, 6.45) is 1.20. The Morgan fingerprint density at radius 2 is 2.38 bits per heavy atom. The number of rotatable bonds is 2. The molecule has 1 atom stereocenters. The van der Waals surface area contributed by atoms with Crippen LogP contribution in [-0.4, -0.2) is 46.6 Å². The van der Waals surface area contributed by atoms with Crippen LogP contribution in [0.1, 0.15) is 17.4 Å². The number of hydrogen-bond acceptors (Lipinski definition) is 6. The second kappa shape index (κ2) is 5.62. The molecule has 0 saturated carbocycles. The fraction of sp³-hybridized carbons (Fsp3) is 0.571. The van der Waals surface area contributed by atoms with Crippen molar-refractivity contribution in [1.82, 2.24) is 20.5 Å². The minimum atomic E-state index is 0.492. The van der Waals surface area contributed by atoms with Gasteiger partial charge >= 0.3 is 0 Å². The summed E-state index contributed by atoms with van der Waals surface area (Å²) in [4.78, 5) is 9.72. The Balaban J connectivity index is 1.57. The van der Waals surface area contributed by atoms with E-state index in [1.54, 1.807) is 0 Å². The van der Waals surface area contributed by atoms with Gasteiger partial charge in [0.15, 0.2) is 5.82 Å². The quantitative estimate of drug-likeness (QED) is 0.887. The molecule has 2 N–H and O–H groups in total. The number of hydrogen-bond donors (Lipinski definition) is 2. The Hall–Kier alpha value is -1.05. The largest absolute Gasteiger partial charge is 0.337 e. The van der Waals surface area contributed by atoms with E-state index in [1.165, 1.54) is 27.5 Å². The molecule has 5 nitrogen and oxygen atoms in total. The maximum absolute atomic E-state index is 4.72. The van der Waals surface area contributed by atoms with E-state index >= 15 is 0 Å². The van der Waals surface area contributed by atoms with Gasteiger partial charge in [0.05, 0.1) is 4.88 Å². The molecule has 0 bridgehead atoms. The number of anilines is 1. The number of H-pyrrole nitrogens is 1. The average Bonchev–Trinajstić information content (AvgIpc) is 3.14. The molecule has 0 aliphatic carbocycles. The lowest BCUT2D eigenvalue weighted by atomic mass is 10.2. The Kier molecular flexibility index (Phi) is 3.64. The number of nitrogens with one attached hydrogen (secondary N) is 2. The zero-order chi connectivity index (χ0) is 14.2. The number of aromatic nitrogens is 3. The van der Waals surface area contributed by atoms with Gasteiger partial charge in [-0.25, -0.2) is 0 Å². The molecule has 2 aromatic rings. The van der Waals surface area contributed by atoms with Crippen LogP contribution in [0.4, 0.5) is 5.95 Å². The summed E-state index contributed by atoms with van der Waals surface area (Å²) in [5.74, 6) is 4.13. The first-order valence-electron chi connectivity index (χ1n) is 7.40. The number of fused-ring (bicyclic) bond motifs is 1. The number of aryl methyl sites for hydroxylation is 1. The van der Waals surface area contributed by atoms with E-state index in [2.05, 4.69) is 33.4 Å². The summed E-state index contributed by atoms with van der Waals surface area (Å²) in [5.41, 5.74) is 1.49. The van der Waals surface area contributed by atoms with Gasteiger partial charge in [-0.2, -0.15) is 16.7 Å². The van der Waals surface area contributed by atoms with Gasteiger partial charge in [0.25, 0.3) is 0 Å². The molecular weight excluding hydrogens is 302 g/mol. The summed E-state index contributed by atoms with van der Waals surface area (Å²) >= 11 is 3.89. The molecule has 2 aliphatic heterocycles. The maximum Gasteiger partial charge on any atom is 0.245 e. The SMILES string of the molecule is C[C@H]1CN(c2n[nH]c(-c3cc4c(s3)CCSC4)n2)CCN1. The first-order valence-corrected chi connectivity index (χ1v) is 9.37. The van der Waals surface area contributed by atoms with E-state index in [-0.39, 0.29) is 0 Å². The van der Waals surface area contributed by atoms with Crippen LogP contribution in [0.15, 0.2) is 6.07 Å². The number of nitrogens with zero attached hydrogens (tertiary/aromatic N) is 3.